The predicted octanol–water partition coefficient (Wildman–Crippen LogP) is 3.50. The van der Waals surface area contributed by atoms with Gasteiger partial charge < -0.3 is 15.7 Å². The molecule has 31 heavy (non-hydrogen) atoms. The van der Waals surface area contributed by atoms with Crippen molar-refractivity contribution in [2.45, 2.75) is 36.3 Å². The van der Waals surface area contributed by atoms with E-state index in [1.54, 1.807) is 10.6 Å². The van der Waals surface area contributed by atoms with Gasteiger partial charge in [-0.1, -0.05) is 11.8 Å². The van der Waals surface area contributed by atoms with Gasteiger partial charge in [-0.25, -0.2) is 9.97 Å². The van der Waals surface area contributed by atoms with Gasteiger partial charge in [-0.05, 0) is 44.0 Å². The molecule has 0 unspecified atom stereocenters. The number of anilines is 3. The number of amides is 1. The highest BCUT2D eigenvalue weighted by atomic mass is 32.2. The minimum absolute atomic E-state index is 0.0934. The molecule has 1 aliphatic rings. The van der Waals surface area contributed by atoms with E-state index in [-0.39, 0.29) is 18.4 Å². The Labute approximate surface area is 182 Å². The molecule has 0 radical (unpaired) electrons. The number of hydrogen-bond acceptors (Lipinski definition) is 7. The first kappa shape index (κ1) is 19.6. The summed E-state index contributed by atoms with van der Waals surface area (Å²) in [6.07, 6.45) is 3.71. The van der Waals surface area contributed by atoms with Gasteiger partial charge in [0.2, 0.25) is 11.9 Å². The summed E-state index contributed by atoms with van der Waals surface area (Å²) in [6, 6.07) is 11.4. The summed E-state index contributed by atoms with van der Waals surface area (Å²) in [5.74, 6) is 1.46. The molecule has 1 fully saturated rings. The molecule has 1 amide bonds. The van der Waals surface area contributed by atoms with E-state index in [0.717, 1.165) is 34.1 Å². The number of aromatic nitrogens is 5. The van der Waals surface area contributed by atoms with E-state index in [1.165, 1.54) is 11.8 Å². The number of hydrogen-bond donors (Lipinski definition) is 4. The van der Waals surface area contributed by atoms with Crippen molar-refractivity contribution in [3.8, 4) is 0 Å². The van der Waals surface area contributed by atoms with Crippen LogP contribution in [0.1, 0.15) is 24.2 Å². The van der Waals surface area contributed by atoms with Crippen LogP contribution in [0.3, 0.4) is 0 Å². The third kappa shape index (κ3) is 4.39. The quantitative estimate of drug-likeness (QED) is 0.328. The highest BCUT2D eigenvalue weighted by Gasteiger charge is 2.29. The van der Waals surface area contributed by atoms with Crippen LogP contribution in [-0.2, 0) is 11.4 Å². The number of H-pyrrole nitrogens is 1. The minimum atomic E-state index is -0.154. The molecule has 5 rings (SSSR count). The Balaban J connectivity index is 1.40. The Morgan fingerprint density at radius 1 is 1.26 bits per heavy atom. The maximum absolute atomic E-state index is 11.9. The minimum Gasteiger partial charge on any atom is -0.390 e. The van der Waals surface area contributed by atoms with Crippen molar-refractivity contribution in [1.29, 1.82) is 0 Å². The van der Waals surface area contributed by atoms with Crippen LogP contribution in [0.4, 0.5) is 17.5 Å². The fourth-order valence-corrected chi connectivity index (χ4v) is 3.96. The lowest BCUT2D eigenvalue weighted by atomic mass is 10.3. The molecule has 0 atom stereocenters. The zero-order chi connectivity index (χ0) is 21.4. The number of imidazole rings is 1. The largest absolute Gasteiger partial charge is 0.390 e. The van der Waals surface area contributed by atoms with Crippen LogP contribution in [0.25, 0.3) is 5.65 Å². The fraction of sp³-hybridized carbons (Fsp3) is 0.238. The smallest absolute Gasteiger partial charge is 0.227 e. The first-order chi connectivity index (χ1) is 15.1. The van der Waals surface area contributed by atoms with Crippen molar-refractivity contribution in [3.05, 3.63) is 54.0 Å². The van der Waals surface area contributed by atoms with E-state index in [4.69, 9.17) is 4.98 Å². The summed E-state index contributed by atoms with van der Waals surface area (Å²) < 4.78 is 1.79. The highest BCUT2D eigenvalue weighted by Crippen LogP contribution is 2.32. The van der Waals surface area contributed by atoms with Gasteiger partial charge in [0.15, 0.2) is 5.82 Å². The third-order valence-corrected chi connectivity index (χ3v) is 5.81. The molecule has 1 aliphatic carbocycles. The standard InChI is InChI=1S/C21H21N7O2S/c1-12-8-17(27-26-12)24-21-25-19(9-18-22-15(11-29)10-28(18)21)31-16-6-4-14(5-7-16)23-20(30)13-2-3-13/h4-10,13,29H,2-3,11H2,1H3,(H,23,30)(H2,24,25,26,27). The summed E-state index contributed by atoms with van der Waals surface area (Å²) in [4.78, 5) is 22.1. The monoisotopic (exact) mass is 435 g/mol. The van der Waals surface area contributed by atoms with Gasteiger partial charge in [0, 0.05) is 40.5 Å². The molecule has 4 aromatic rings. The number of nitrogens with zero attached hydrogens (tertiary/aromatic N) is 4. The van der Waals surface area contributed by atoms with Gasteiger partial charge in [0.25, 0.3) is 0 Å². The first-order valence-corrected chi connectivity index (χ1v) is 10.8. The zero-order valence-electron chi connectivity index (χ0n) is 16.8. The van der Waals surface area contributed by atoms with Crippen molar-refractivity contribution >= 4 is 40.8 Å². The molecule has 4 N–H and O–H groups in total. The van der Waals surface area contributed by atoms with Crippen molar-refractivity contribution in [2.24, 2.45) is 5.92 Å². The van der Waals surface area contributed by atoms with E-state index in [9.17, 15) is 9.90 Å². The second-order valence-corrected chi connectivity index (χ2v) is 8.58. The Morgan fingerprint density at radius 2 is 2.06 bits per heavy atom. The lowest BCUT2D eigenvalue weighted by Gasteiger charge is -2.09. The maximum Gasteiger partial charge on any atom is 0.227 e. The molecule has 1 aromatic carbocycles. The lowest BCUT2D eigenvalue weighted by Crippen LogP contribution is -2.12. The van der Waals surface area contributed by atoms with Gasteiger partial charge in [-0.15, -0.1) is 0 Å². The third-order valence-electron chi connectivity index (χ3n) is 4.88. The average Bonchev–Trinajstić information content (AvgIpc) is 3.41. The number of fused-ring (bicyclic) bond motifs is 1. The molecule has 0 bridgehead atoms. The highest BCUT2D eigenvalue weighted by molar-refractivity contribution is 7.99. The molecule has 0 spiro atoms. The van der Waals surface area contributed by atoms with E-state index in [2.05, 4.69) is 25.8 Å². The van der Waals surface area contributed by atoms with E-state index >= 15 is 0 Å². The Bertz CT molecular complexity index is 1240. The van der Waals surface area contributed by atoms with E-state index in [1.807, 2.05) is 43.3 Å². The van der Waals surface area contributed by atoms with Crippen LogP contribution in [0.5, 0.6) is 0 Å². The number of carbonyl (C=O) groups is 1. The van der Waals surface area contributed by atoms with Gasteiger partial charge in [-0.3, -0.25) is 14.3 Å². The first-order valence-electron chi connectivity index (χ1n) is 9.95. The summed E-state index contributed by atoms with van der Waals surface area (Å²) in [7, 11) is 0. The van der Waals surface area contributed by atoms with Crippen LogP contribution >= 0.6 is 11.8 Å². The number of aliphatic hydroxyl groups is 1. The van der Waals surface area contributed by atoms with Gasteiger partial charge in [0.1, 0.15) is 10.7 Å². The predicted molar refractivity (Wildman–Crippen MR) is 117 cm³/mol. The molecular weight excluding hydrogens is 414 g/mol. The zero-order valence-corrected chi connectivity index (χ0v) is 17.6. The number of nitrogens with one attached hydrogen (secondary N) is 3. The summed E-state index contributed by atoms with van der Waals surface area (Å²) in [6.45, 7) is 1.77. The maximum atomic E-state index is 11.9. The molecular formula is C21H21N7O2S. The fourth-order valence-electron chi connectivity index (χ4n) is 3.15. The molecule has 3 heterocycles. The Kier molecular flexibility index (Phi) is 5.08. The number of aliphatic hydroxyl groups excluding tert-OH is 1. The van der Waals surface area contributed by atoms with Crippen LogP contribution < -0.4 is 10.6 Å². The summed E-state index contributed by atoms with van der Waals surface area (Å²) in [5.41, 5.74) is 2.95. The average molecular weight is 436 g/mol. The molecule has 3 aromatic heterocycles. The number of benzene rings is 1. The van der Waals surface area contributed by atoms with Crippen molar-refractivity contribution in [2.75, 3.05) is 10.6 Å². The Morgan fingerprint density at radius 3 is 2.74 bits per heavy atom. The summed E-state index contributed by atoms with van der Waals surface area (Å²) >= 11 is 1.49. The van der Waals surface area contributed by atoms with Crippen LogP contribution in [0.15, 0.2) is 52.5 Å². The topological polar surface area (TPSA) is 120 Å². The number of aryl methyl sites for hydroxylation is 1. The van der Waals surface area contributed by atoms with Gasteiger partial charge >= 0.3 is 0 Å². The van der Waals surface area contributed by atoms with Crippen LogP contribution in [0.2, 0.25) is 0 Å². The van der Waals surface area contributed by atoms with Crippen LogP contribution in [0, 0.1) is 12.8 Å². The lowest BCUT2D eigenvalue weighted by molar-refractivity contribution is -0.117. The molecule has 1 saturated carbocycles. The van der Waals surface area contributed by atoms with Crippen molar-refractivity contribution in [3.63, 3.8) is 0 Å². The molecule has 9 nitrogen and oxygen atoms in total. The summed E-state index contributed by atoms with van der Waals surface area (Å²) in [5, 5.41) is 23.5. The SMILES string of the molecule is Cc1cc(Nc2nc(Sc3ccc(NC(=O)C4CC4)cc3)cc3nc(CO)cn23)n[nH]1. The number of rotatable bonds is 7. The number of aromatic amines is 1. The van der Waals surface area contributed by atoms with Gasteiger partial charge in [0.05, 0.1) is 12.3 Å². The second-order valence-electron chi connectivity index (χ2n) is 7.49. The van der Waals surface area contributed by atoms with E-state index in [0.29, 0.717) is 23.1 Å². The molecule has 10 heteroatoms. The molecule has 0 aliphatic heterocycles. The molecule has 158 valence electrons. The second kappa shape index (κ2) is 8.05. The van der Waals surface area contributed by atoms with Crippen molar-refractivity contribution in [1.82, 2.24) is 24.6 Å². The normalized spacial score (nSPS) is 13.5. The van der Waals surface area contributed by atoms with Crippen molar-refractivity contribution < 1.29 is 9.90 Å². The Hall–Kier alpha value is -3.37. The van der Waals surface area contributed by atoms with Crippen LogP contribution in [-0.4, -0.2) is 35.6 Å². The van der Waals surface area contributed by atoms with Gasteiger partial charge in [-0.2, -0.15) is 5.10 Å². The molecule has 0 saturated heterocycles. The number of carbonyl (C=O) groups excluding carboxylic acids is 1. The van der Waals surface area contributed by atoms with E-state index < -0.39 is 0 Å².